The summed E-state index contributed by atoms with van der Waals surface area (Å²) in [5.74, 6) is 0. The molecule has 0 saturated heterocycles. The average molecular weight is 459 g/mol. The molecule has 0 aliphatic heterocycles. The molecule has 0 saturated carbocycles. The molecule has 33 heavy (non-hydrogen) atoms. The van der Waals surface area contributed by atoms with Gasteiger partial charge in [0.25, 0.3) is 0 Å². The maximum Gasteiger partial charge on any atom is 0.169 e. The van der Waals surface area contributed by atoms with Crippen LogP contribution in [0.4, 0.5) is 0 Å². The van der Waals surface area contributed by atoms with E-state index in [0.29, 0.717) is 6.04 Å². The zero-order valence-electron chi connectivity index (χ0n) is 22.9. The van der Waals surface area contributed by atoms with Gasteiger partial charge in [-0.25, -0.2) is 4.57 Å². The van der Waals surface area contributed by atoms with Crippen molar-refractivity contribution < 1.29 is 4.57 Å². The van der Waals surface area contributed by atoms with Gasteiger partial charge in [-0.2, -0.15) is 0 Å². The van der Waals surface area contributed by atoms with Crippen LogP contribution in [0.5, 0.6) is 0 Å². The summed E-state index contributed by atoms with van der Waals surface area (Å²) >= 11 is 0. The van der Waals surface area contributed by atoms with Crippen LogP contribution >= 0.6 is 0 Å². The maximum absolute atomic E-state index is 2.49. The van der Waals surface area contributed by atoms with E-state index in [1.165, 1.54) is 154 Å². The molecule has 1 atom stereocenters. The SMILES string of the molecule is CCCCCCCCCCCCCCC(CCCCCCCCCCCC)[n+]1ccccc1. The van der Waals surface area contributed by atoms with Crippen LogP contribution in [-0.2, 0) is 0 Å². The lowest BCUT2D eigenvalue weighted by molar-refractivity contribution is -0.724. The van der Waals surface area contributed by atoms with Gasteiger partial charge < -0.3 is 0 Å². The van der Waals surface area contributed by atoms with Gasteiger partial charge in [0.15, 0.2) is 18.4 Å². The Morgan fingerprint density at radius 2 is 0.697 bits per heavy atom. The zero-order chi connectivity index (χ0) is 23.7. The summed E-state index contributed by atoms with van der Waals surface area (Å²) in [6, 6.07) is 7.27. The number of aromatic nitrogens is 1. The van der Waals surface area contributed by atoms with E-state index in [9.17, 15) is 0 Å². The Morgan fingerprint density at radius 3 is 1.03 bits per heavy atom. The third kappa shape index (κ3) is 19.2. The van der Waals surface area contributed by atoms with Crippen molar-refractivity contribution in [1.82, 2.24) is 0 Å². The minimum absolute atomic E-state index is 0.711. The summed E-state index contributed by atoms with van der Waals surface area (Å²) in [6.45, 7) is 4.61. The molecule has 0 aromatic carbocycles. The first-order valence-corrected chi connectivity index (χ1v) is 15.3. The molecule has 0 spiro atoms. The molecule has 1 aromatic rings. The van der Waals surface area contributed by atoms with E-state index < -0.39 is 0 Å². The molecule has 0 fully saturated rings. The van der Waals surface area contributed by atoms with Crippen LogP contribution in [0.15, 0.2) is 30.6 Å². The van der Waals surface area contributed by atoms with Crippen molar-refractivity contribution in [2.45, 2.75) is 174 Å². The van der Waals surface area contributed by atoms with Gasteiger partial charge in [0.1, 0.15) is 0 Å². The average Bonchev–Trinajstić information content (AvgIpc) is 2.85. The number of hydrogen-bond acceptors (Lipinski definition) is 0. The van der Waals surface area contributed by atoms with Gasteiger partial charge in [0, 0.05) is 25.0 Å². The van der Waals surface area contributed by atoms with Crippen molar-refractivity contribution in [1.29, 1.82) is 0 Å². The Morgan fingerprint density at radius 1 is 0.394 bits per heavy atom. The summed E-state index contributed by atoms with van der Waals surface area (Å²) in [4.78, 5) is 0. The van der Waals surface area contributed by atoms with Crippen LogP contribution in [0.25, 0.3) is 0 Å². The molecular weight excluding hydrogens is 398 g/mol. The molecule has 0 aliphatic carbocycles. The van der Waals surface area contributed by atoms with Gasteiger partial charge in [0.2, 0.25) is 0 Å². The lowest BCUT2D eigenvalue weighted by Gasteiger charge is -2.13. The molecule has 0 N–H and O–H groups in total. The van der Waals surface area contributed by atoms with E-state index in [0.717, 1.165) is 0 Å². The Bertz CT molecular complexity index is 483. The smallest absolute Gasteiger partial charge is 0.169 e. The topological polar surface area (TPSA) is 3.88 Å². The predicted molar refractivity (Wildman–Crippen MR) is 148 cm³/mol. The number of unbranched alkanes of at least 4 members (excludes halogenated alkanes) is 20. The van der Waals surface area contributed by atoms with Gasteiger partial charge in [0.05, 0.1) is 0 Å². The molecular formula is C32H60N+. The summed E-state index contributed by atoms with van der Waals surface area (Å²) in [5, 5.41) is 0. The molecule has 1 unspecified atom stereocenters. The molecule has 1 heterocycles. The Kier molecular flexibility index (Phi) is 22.2. The highest BCUT2D eigenvalue weighted by molar-refractivity contribution is 4.84. The van der Waals surface area contributed by atoms with Crippen molar-refractivity contribution in [3.63, 3.8) is 0 Å². The van der Waals surface area contributed by atoms with E-state index in [1.54, 1.807) is 0 Å². The molecule has 0 amide bonds. The fourth-order valence-corrected chi connectivity index (χ4v) is 5.19. The monoisotopic (exact) mass is 458 g/mol. The van der Waals surface area contributed by atoms with Crippen molar-refractivity contribution >= 4 is 0 Å². The quantitative estimate of drug-likeness (QED) is 0.101. The normalized spacial score (nSPS) is 12.3. The minimum atomic E-state index is 0.711. The molecule has 0 bridgehead atoms. The largest absolute Gasteiger partial charge is 0.202 e. The number of pyridine rings is 1. The fraction of sp³-hybridized carbons (Fsp3) is 0.844. The highest BCUT2D eigenvalue weighted by Gasteiger charge is 2.16. The molecule has 1 nitrogen and oxygen atoms in total. The number of nitrogens with zero attached hydrogens (tertiary/aromatic N) is 1. The van der Waals surface area contributed by atoms with Crippen molar-refractivity contribution in [3.05, 3.63) is 30.6 Å². The van der Waals surface area contributed by atoms with E-state index in [1.807, 2.05) is 0 Å². The second-order valence-corrected chi connectivity index (χ2v) is 10.6. The lowest BCUT2D eigenvalue weighted by Crippen LogP contribution is -2.38. The van der Waals surface area contributed by atoms with Crippen molar-refractivity contribution in [3.8, 4) is 0 Å². The highest BCUT2D eigenvalue weighted by Crippen LogP contribution is 2.20. The second kappa shape index (κ2) is 24.3. The zero-order valence-corrected chi connectivity index (χ0v) is 22.9. The summed E-state index contributed by atoms with van der Waals surface area (Å²) < 4.78 is 2.49. The second-order valence-electron chi connectivity index (χ2n) is 10.6. The highest BCUT2D eigenvalue weighted by atomic mass is 15.0. The number of hydrogen-bond donors (Lipinski definition) is 0. The molecule has 1 aromatic heterocycles. The third-order valence-corrected chi connectivity index (χ3v) is 7.44. The summed E-state index contributed by atoms with van der Waals surface area (Å²) in [7, 11) is 0. The molecule has 0 radical (unpaired) electrons. The molecule has 1 heteroatoms. The third-order valence-electron chi connectivity index (χ3n) is 7.44. The van der Waals surface area contributed by atoms with Crippen LogP contribution in [0.3, 0.4) is 0 Å². The van der Waals surface area contributed by atoms with E-state index in [2.05, 4.69) is 49.0 Å². The van der Waals surface area contributed by atoms with Gasteiger partial charge in [-0.15, -0.1) is 0 Å². The summed E-state index contributed by atoms with van der Waals surface area (Å²) in [6.07, 6.45) is 39.0. The van der Waals surface area contributed by atoms with Gasteiger partial charge in [-0.3, -0.25) is 0 Å². The molecule has 192 valence electrons. The predicted octanol–water partition coefficient (Wildman–Crippen LogP) is 10.9. The molecule has 0 aliphatic rings. The minimum Gasteiger partial charge on any atom is -0.202 e. The van der Waals surface area contributed by atoms with Crippen LogP contribution in [-0.4, -0.2) is 0 Å². The first kappa shape index (κ1) is 30.2. The first-order chi connectivity index (χ1) is 16.4. The van der Waals surface area contributed by atoms with E-state index >= 15 is 0 Å². The Labute approximate surface area is 209 Å². The standard InChI is InChI=1S/C32H60N/c1-3-5-7-9-11-13-15-16-18-20-22-25-29-32(33-30-26-23-27-31-33)28-24-21-19-17-14-12-10-8-6-4-2/h23,26-27,30-32H,3-22,24-25,28-29H2,1-2H3/q+1. The van der Waals surface area contributed by atoms with Gasteiger partial charge >= 0.3 is 0 Å². The summed E-state index contributed by atoms with van der Waals surface area (Å²) in [5.41, 5.74) is 0. The van der Waals surface area contributed by atoms with Crippen LogP contribution < -0.4 is 4.57 Å². The Balaban J connectivity index is 2.06. The van der Waals surface area contributed by atoms with Crippen LogP contribution in [0, 0.1) is 0 Å². The number of rotatable bonds is 25. The maximum atomic E-state index is 2.49. The van der Waals surface area contributed by atoms with Crippen molar-refractivity contribution in [2.75, 3.05) is 0 Å². The van der Waals surface area contributed by atoms with Gasteiger partial charge in [-0.05, 0) is 12.8 Å². The van der Waals surface area contributed by atoms with E-state index in [4.69, 9.17) is 0 Å². The first-order valence-electron chi connectivity index (χ1n) is 15.3. The van der Waals surface area contributed by atoms with Crippen LogP contribution in [0.2, 0.25) is 0 Å². The lowest BCUT2D eigenvalue weighted by atomic mass is 9.99. The fourth-order valence-electron chi connectivity index (χ4n) is 5.19. The molecule has 1 rings (SSSR count). The van der Waals surface area contributed by atoms with Crippen molar-refractivity contribution in [2.24, 2.45) is 0 Å². The van der Waals surface area contributed by atoms with Gasteiger partial charge in [-0.1, -0.05) is 148 Å². The van der Waals surface area contributed by atoms with Crippen LogP contribution in [0.1, 0.15) is 174 Å². The Hall–Kier alpha value is -0.850. The van der Waals surface area contributed by atoms with E-state index in [-0.39, 0.29) is 0 Å².